The molecular weight excluding hydrogens is 154 g/mol. The van der Waals surface area contributed by atoms with Crippen molar-refractivity contribution in [2.45, 2.75) is 26.2 Å². The van der Waals surface area contributed by atoms with Gasteiger partial charge < -0.3 is 10.8 Å². The van der Waals surface area contributed by atoms with Gasteiger partial charge in [-0.2, -0.15) is 0 Å². The van der Waals surface area contributed by atoms with Crippen molar-refractivity contribution >= 4 is 5.97 Å². The van der Waals surface area contributed by atoms with Gasteiger partial charge in [-0.05, 0) is 25.8 Å². The van der Waals surface area contributed by atoms with Crippen LogP contribution in [0.15, 0.2) is 12.2 Å². The fourth-order valence-electron chi connectivity index (χ4n) is 1.01. The smallest absolute Gasteiger partial charge is 0.306 e. The average Bonchev–Trinajstić information content (AvgIpc) is 2.03. The van der Waals surface area contributed by atoms with Crippen molar-refractivity contribution in [2.24, 2.45) is 11.7 Å². The summed E-state index contributed by atoms with van der Waals surface area (Å²) >= 11 is 0. The molecule has 0 amide bonds. The van der Waals surface area contributed by atoms with Gasteiger partial charge in [0.05, 0.1) is 5.92 Å². The van der Waals surface area contributed by atoms with Crippen LogP contribution in [0.2, 0.25) is 0 Å². The zero-order valence-corrected chi connectivity index (χ0v) is 7.55. The molecule has 0 saturated carbocycles. The number of carboxylic acids is 1. The van der Waals surface area contributed by atoms with E-state index in [0.717, 1.165) is 12.0 Å². The predicted molar refractivity (Wildman–Crippen MR) is 48.8 cm³/mol. The number of nitrogens with two attached hydrogens (primary N) is 1. The first kappa shape index (κ1) is 11.2. The Morgan fingerprint density at radius 2 is 2.25 bits per heavy atom. The molecule has 0 aliphatic heterocycles. The van der Waals surface area contributed by atoms with E-state index in [-0.39, 0.29) is 5.92 Å². The number of hydrogen-bond acceptors (Lipinski definition) is 2. The lowest BCUT2D eigenvalue weighted by Gasteiger charge is -2.11. The standard InChI is InChI=1S/C9H17NO2/c1-3-7(2)6-8(4-5-10)9(11)12/h8H,2-6,10H2,1H3,(H,11,12). The molecule has 0 rings (SSSR count). The SMILES string of the molecule is C=C(CC)CC(CCN)C(=O)O. The quantitative estimate of drug-likeness (QED) is 0.594. The van der Waals surface area contributed by atoms with E-state index >= 15 is 0 Å². The van der Waals surface area contributed by atoms with E-state index in [4.69, 9.17) is 10.8 Å². The van der Waals surface area contributed by atoms with Crippen LogP contribution in [-0.2, 0) is 4.79 Å². The van der Waals surface area contributed by atoms with Crippen LogP contribution in [0.3, 0.4) is 0 Å². The third-order valence-corrected chi connectivity index (χ3v) is 1.90. The Labute approximate surface area is 73.3 Å². The maximum absolute atomic E-state index is 10.6. The third kappa shape index (κ3) is 4.13. The summed E-state index contributed by atoms with van der Waals surface area (Å²) in [6.07, 6.45) is 1.94. The molecule has 0 saturated heterocycles. The minimum Gasteiger partial charge on any atom is -0.481 e. The van der Waals surface area contributed by atoms with Gasteiger partial charge >= 0.3 is 5.97 Å². The monoisotopic (exact) mass is 171 g/mol. The zero-order chi connectivity index (χ0) is 9.56. The second-order valence-electron chi connectivity index (χ2n) is 2.92. The highest BCUT2D eigenvalue weighted by Gasteiger charge is 2.16. The highest BCUT2D eigenvalue weighted by Crippen LogP contribution is 2.15. The van der Waals surface area contributed by atoms with Gasteiger partial charge in [-0.3, -0.25) is 4.79 Å². The van der Waals surface area contributed by atoms with Crippen molar-refractivity contribution in [2.75, 3.05) is 6.54 Å². The van der Waals surface area contributed by atoms with Crippen molar-refractivity contribution in [1.29, 1.82) is 0 Å². The van der Waals surface area contributed by atoms with Crippen molar-refractivity contribution in [1.82, 2.24) is 0 Å². The Bertz CT molecular complexity index is 164. The molecule has 0 aromatic carbocycles. The molecule has 1 unspecified atom stereocenters. The lowest BCUT2D eigenvalue weighted by atomic mass is 9.96. The molecule has 0 aromatic heterocycles. The number of allylic oxidation sites excluding steroid dienone is 1. The lowest BCUT2D eigenvalue weighted by Crippen LogP contribution is -2.18. The minimum absolute atomic E-state index is 0.345. The molecule has 0 aliphatic carbocycles. The fourth-order valence-corrected chi connectivity index (χ4v) is 1.01. The average molecular weight is 171 g/mol. The van der Waals surface area contributed by atoms with Crippen LogP contribution in [-0.4, -0.2) is 17.6 Å². The first-order chi connectivity index (χ1) is 5.61. The van der Waals surface area contributed by atoms with Gasteiger partial charge in [0.1, 0.15) is 0 Å². The van der Waals surface area contributed by atoms with Gasteiger partial charge in [0.2, 0.25) is 0 Å². The molecule has 0 radical (unpaired) electrons. The summed E-state index contributed by atoms with van der Waals surface area (Å²) in [7, 11) is 0. The van der Waals surface area contributed by atoms with Crippen LogP contribution in [0.4, 0.5) is 0 Å². The van der Waals surface area contributed by atoms with Crippen LogP contribution in [0, 0.1) is 5.92 Å². The summed E-state index contributed by atoms with van der Waals surface area (Å²) in [6.45, 7) is 6.17. The number of rotatable bonds is 6. The van der Waals surface area contributed by atoms with E-state index in [0.29, 0.717) is 19.4 Å². The first-order valence-electron chi connectivity index (χ1n) is 4.21. The van der Waals surface area contributed by atoms with E-state index in [1.165, 1.54) is 0 Å². The molecule has 0 spiro atoms. The van der Waals surface area contributed by atoms with Crippen molar-refractivity contribution < 1.29 is 9.90 Å². The maximum atomic E-state index is 10.6. The maximum Gasteiger partial charge on any atom is 0.306 e. The molecular formula is C9H17NO2. The normalized spacial score (nSPS) is 12.5. The molecule has 12 heavy (non-hydrogen) atoms. The summed E-state index contributed by atoms with van der Waals surface area (Å²) in [5.41, 5.74) is 6.27. The van der Waals surface area contributed by atoms with Crippen LogP contribution < -0.4 is 5.73 Å². The molecule has 3 nitrogen and oxygen atoms in total. The highest BCUT2D eigenvalue weighted by atomic mass is 16.4. The second-order valence-corrected chi connectivity index (χ2v) is 2.92. The molecule has 0 aliphatic rings. The molecule has 3 N–H and O–H groups in total. The number of hydrogen-bond donors (Lipinski definition) is 2. The molecule has 0 fully saturated rings. The fraction of sp³-hybridized carbons (Fsp3) is 0.667. The summed E-state index contributed by atoms with van der Waals surface area (Å²) in [6, 6.07) is 0. The lowest BCUT2D eigenvalue weighted by molar-refractivity contribution is -0.141. The summed E-state index contributed by atoms with van der Waals surface area (Å²) in [5, 5.41) is 8.75. The zero-order valence-electron chi connectivity index (χ0n) is 7.55. The van der Waals surface area contributed by atoms with Gasteiger partial charge in [0, 0.05) is 0 Å². The number of carboxylic acid groups (broad SMARTS) is 1. The Morgan fingerprint density at radius 3 is 2.58 bits per heavy atom. The highest BCUT2D eigenvalue weighted by molar-refractivity contribution is 5.70. The summed E-state index contributed by atoms with van der Waals surface area (Å²) < 4.78 is 0. The summed E-state index contributed by atoms with van der Waals surface area (Å²) in [5.74, 6) is -1.11. The van der Waals surface area contributed by atoms with Crippen LogP contribution in [0.1, 0.15) is 26.2 Å². The van der Waals surface area contributed by atoms with Gasteiger partial charge in [0.15, 0.2) is 0 Å². The van der Waals surface area contributed by atoms with Gasteiger partial charge in [-0.25, -0.2) is 0 Å². The van der Waals surface area contributed by atoms with E-state index in [1.54, 1.807) is 0 Å². The van der Waals surface area contributed by atoms with Crippen LogP contribution >= 0.6 is 0 Å². The van der Waals surface area contributed by atoms with Gasteiger partial charge in [0.25, 0.3) is 0 Å². The van der Waals surface area contributed by atoms with Crippen LogP contribution in [0.5, 0.6) is 0 Å². The molecule has 70 valence electrons. The van der Waals surface area contributed by atoms with Crippen molar-refractivity contribution in [3.8, 4) is 0 Å². The molecule has 1 atom stereocenters. The largest absolute Gasteiger partial charge is 0.481 e. The second kappa shape index (κ2) is 5.77. The molecule has 0 bridgehead atoms. The first-order valence-corrected chi connectivity index (χ1v) is 4.21. The third-order valence-electron chi connectivity index (χ3n) is 1.90. The Hall–Kier alpha value is -0.830. The predicted octanol–water partition coefficient (Wildman–Crippen LogP) is 1.39. The van der Waals surface area contributed by atoms with Gasteiger partial charge in [-0.1, -0.05) is 19.1 Å². The van der Waals surface area contributed by atoms with E-state index < -0.39 is 5.97 Å². The van der Waals surface area contributed by atoms with E-state index in [1.807, 2.05) is 6.92 Å². The summed E-state index contributed by atoms with van der Waals surface area (Å²) in [4.78, 5) is 10.6. The van der Waals surface area contributed by atoms with Crippen LogP contribution in [0.25, 0.3) is 0 Å². The molecule has 0 aromatic rings. The Balaban J connectivity index is 3.95. The number of aliphatic carboxylic acids is 1. The van der Waals surface area contributed by atoms with Gasteiger partial charge in [-0.15, -0.1) is 0 Å². The topological polar surface area (TPSA) is 63.3 Å². The molecule has 3 heteroatoms. The number of carbonyl (C=O) groups is 1. The van der Waals surface area contributed by atoms with Crippen molar-refractivity contribution in [3.05, 3.63) is 12.2 Å². The Kier molecular flexibility index (Phi) is 5.37. The minimum atomic E-state index is -0.768. The van der Waals surface area contributed by atoms with E-state index in [2.05, 4.69) is 6.58 Å². The van der Waals surface area contributed by atoms with Crippen molar-refractivity contribution in [3.63, 3.8) is 0 Å². The Morgan fingerprint density at radius 1 is 1.67 bits per heavy atom. The van der Waals surface area contributed by atoms with E-state index in [9.17, 15) is 4.79 Å². The molecule has 0 heterocycles.